The SMILES string of the molecule is Cc1nsc(-c2cc(Cl)c(-c3ccc(C4(C(=O)O)CC4)cc3)cc2F)c1NC(=O)OC(C)c1ccccc1Cl. The van der Waals surface area contributed by atoms with E-state index in [-0.39, 0.29) is 5.56 Å². The highest BCUT2D eigenvalue weighted by atomic mass is 35.5. The largest absolute Gasteiger partial charge is 0.481 e. The predicted molar refractivity (Wildman–Crippen MR) is 151 cm³/mol. The van der Waals surface area contributed by atoms with Crippen molar-refractivity contribution in [3.63, 3.8) is 0 Å². The quantitative estimate of drug-likeness (QED) is 0.227. The summed E-state index contributed by atoms with van der Waals surface area (Å²) in [5.41, 5.74) is 2.69. The lowest BCUT2D eigenvalue weighted by molar-refractivity contribution is -0.140. The number of amides is 1. The number of aliphatic carboxylic acids is 1. The number of benzene rings is 3. The van der Waals surface area contributed by atoms with Crippen LogP contribution in [-0.2, 0) is 14.9 Å². The van der Waals surface area contributed by atoms with Crippen molar-refractivity contribution in [3.05, 3.63) is 93.3 Å². The first kappa shape index (κ1) is 27.1. The van der Waals surface area contributed by atoms with E-state index >= 15 is 4.39 Å². The fourth-order valence-corrected chi connectivity index (χ4v) is 5.95. The molecule has 1 fully saturated rings. The van der Waals surface area contributed by atoms with Crippen LogP contribution in [0.1, 0.15) is 42.7 Å². The van der Waals surface area contributed by atoms with E-state index < -0.39 is 29.4 Å². The van der Waals surface area contributed by atoms with Crippen LogP contribution < -0.4 is 5.32 Å². The topological polar surface area (TPSA) is 88.5 Å². The van der Waals surface area contributed by atoms with Gasteiger partial charge in [0.2, 0.25) is 0 Å². The third kappa shape index (κ3) is 5.24. The highest BCUT2D eigenvalue weighted by Crippen LogP contribution is 2.49. The molecule has 2 N–H and O–H groups in total. The fourth-order valence-electron chi connectivity index (χ4n) is 4.52. The number of halogens is 3. The van der Waals surface area contributed by atoms with Crippen LogP contribution in [0.3, 0.4) is 0 Å². The Labute approximate surface area is 238 Å². The molecule has 1 unspecified atom stereocenters. The summed E-state index contributed by atoms with van der Waals surface area (Å²) >= 11 is 13.8. The van der Waals surface area contributed by atoms with Gasteiger partial charge < -0.3 is 9.84 Å². The van der Waals surface area contributed by atoms with Crippen molar-refractivity contribution in [2.75, 3.05) is 5.32 Å². The van der Waals surface area contributed by atoms with Gasteiger partial charge in [0, 0.05) is 26.7 Å². The van der Waals surface area contributed by atoms with Crippen molar-refractivity contribution in [1.29, 1.82) is 0 Å². The highest BCUT2D eigenvalue weighted by molar-refractivity contribution is 7.10. The van der Waals surface area contributed by atoms with E-state index in [9.17, 15) is 14.7 Å². The van der Waals surface area contributed by atoms with Crippen molar-refractivity contribution >= 4 is 52.5 Å². The Bertz CT molecular complexity index is 1580. The lowest BCUT2D eigenvalue weighted by atomic mass is 9.93. The summed E-state index contributed by atoms with van der Waals surface area (Å²) < 4.78 is 25.3. The average molecular weight is 585 g/mol. The summed E-state index contributed by atoms with van der Waals surface area (Å²) in [7, 11) is 0. The summed E-state index contributed by atoms with van der Waals surface area (Å²) in [6.45, 7) is 3.41. The number of carboxylic acid groups (broad SMARTS) is 1. The molecular formula is C29H23Cl2FN2O4S. The second-order valence-electron chi connectivity index (χ2n) is 9.44. The number of hydrogen-bond donors (Lipinski definition) is 2. The molecule has 200 valence electrons. The van der Waals surface area contributed by atoms with Gasteiger partial charge in [0.05, 0.1) is 21.7 Å². The van der Waals surface area contributed by atoms with Crippen molar-refractivity contribution in [3.8, 4) is 21.6 Å². The van der Waals surface area contributed by atoms with Gasteiger partial charge in [-0.15, -0.1) is 0 Å². The first-order chi connectivity index (χ1) is 18.6. The van der Waals surface area contributed by atoms with E-state index in [1.165, 1.54) is 12.1 Å². The van der Waals surface area contributed by atoms with E-state index in [4.69, 9.17) is 27.9 Å². The van der Waals surface area contributed by atoms with Gasteiger partial charge in [-0.2, -0.15) is 4.37 Å². The maximum atomic E-state index is 15.5. The van der Waals surface area contributed by atoms with Crippen molar-refractivity contribution < 1.29 is 23.8 Å². The molecule has 1 atom stereocenters. The molecule has 0 bridgehead atoms. The second kappa shape index (κ2) is 10.6. The van der Waals surface area contributed by atoms with Crippen LogP contribution >= 0.6 is 34.7 Å². The number of carbonyl (C=O) groups excluding carboxylic acids is 1. The van der Waals surface area contributed by atoms with Crippen molar-refractivity contribution in [1.82, 2.24) is 4.37 Å². The summed E-state index contributed by atoms with van der Waals surface area (Å²) in [5.74, 6) is -1.39. The molecule has 10 heteroatoms. The van der Waals surface area contributed by atoms with Crippen LogP contribution in [0, 0.1) is 12.7 Å². The van der Waals surface area contributed by atoms with Gasteiger partial charge in [-0.3, -0.25) is 10.1 Å². The Morgan fingerprint density at radius 2 is 1.77 bits per heavy atom. The standard InChI is InChI=1S/C29H23Cl2FN2O4S/c1-15-25(33-28(37)38-16(2)19-5-3-4-6-22(19)30)26(39-34-15)21-13-23(31)20(14-24(21)32)17-7-9-18(10-8-17)29(11-12-29)27(35)36/h3-10,13-14,16H,11-12H2,1-2H3,(H,33,37)(H,35,36). The number of rotatable bonds is 7. The molecule has 0 aliphatic heterocycles. The number of aryl methyl sites for hydroxylation is 1. The van der Waals surface area contributed by atoms with Gasteiger partial charge in [-0.25, -0.2) is 9.18 Å². The molecule has 5 rings (SSSR count). The lowest BCUT2D eigenvalue weighted by Crippen LogP contribution is -2.19. The monoisotopic (exact) mass is 584 g/mol. The van der Waals surface area contributed by atoms with Gasteiger partial charge >= 0.3 is 12.1 Å². The molecule has 1 heterocycles. The third-order valence-electron chi connectivity index (χ3n) is 6.93. The van der Waals surface area contributed by atoms with E-state index in [0.29, 0.717) is 55.8 Å². The van der Waals surface area contributed by atoms with Crippen molar-refractivity contribution in [2.45, 2.75) is 38.2 Å². The minimum Gasteiger partial charge on any atom is -0.481 e. The van der Waals surface area contributed by atoms with Crippen LogP contribution in [-0.4, -0.2) is 21.5 Å². The molecule has 1 saturated carbocycles. The Morgan fingerprint density at radius 3 is 2.41 bits per heavy atom. The third-order valence-corrected chi connectivity index (χ3v) is 8.55. The van der Waals surface area contributed by atoms with Gasteiger partial charge in [0.25, 0.3) is 0 Å². The molecule has 39 heavy (non-hydrogen) atoms. The van der Waals surface area contributed by atoms with Crippen LogP contribution in [0.2, 0.25) is 10.0 Å². The van der Waals surface area contributed by atoms with Crippen LogP contribution in [0.5, 0.6) is 0 Å². The Hall–Kier alpha value is -3.46. The maximum Gasteiger partial charge on any atom is 0.412 e. The number of carboxylic acids is 1. The number of nitrogens with zero attached hydrogens (tertiary/aromatic N) is 1. The smallest absolute Gasteiger partial charge is 0.412 e. The molecule has 1 aromatic heterocycles. The maximum absolute atomic E-state index is 15.5. The normalized spacial score (nSPS) is 14.5. The van der Waals surface area contributed by atoms with E-state index in [2.05, 4.69) is 9.69 Å². The number of carbonyl (C=O) groups is 2. The first-order valence-electron chi connectivity index (χ1n) is 12.1. The average Bonchev–Trinajstić information content (AvgIpc) is 3.65. The molecule has 4 aromatic rings. The zero-order valence-electron chi connectivity index (χ0n) is 20.9. The minimum absolute atomic E-state index is 0.184. The fraction of sp³-hybridized carbons (Fsp3) is 0.207. The second-order valence-corrected chi connectivity index (χ2v) is 11.0. The molecule has 0 radical (unpaired) electrons. The summed E-state index contributed by atoms with van der Waals surface area (Å²) in [4.78, 5) is 24.7. The Balaban J connectivity index is 1.38. The number of aromatic nitrogens is 1. The van der Waals surface area contributed by atoms with Gasteiger partial charge in [0.1, 0.15) is 11.9 Å². The zero-order valence-corrected chi connectivity index (χ0v) is 23.3. The van der Waals surface area contributed by atoms with Crippen molar-refractivity contribution in [2.24, 2.45) is 0 Å². The lowest BCUT2D eigenvalue weighted by Gasteiger charge is -2.16. The summed E-state index contributed by atoms with van der Waals surface area (Å²) in [5, 5.41) is 13.0. The number of nitrogens with one attached hydrogen (secondary N) is 1. The zero-order chi connectivity index (χ0) is 27.9. The van der Waals surface area contributed by atoms with E-state index in [0.717, 1.165) is 17.1 Å². The Kier molecular flexibility index (Phi) is 7.37. The molecule has 6 nitrogen and oxygen atoms in total. The van der Waals surface area contributed by atoms with Crippen LogP contribution in [0.4, 0.5) is 14.9 Å². The summed E-state index contributed by atoms with van der Waals surface area (Å²) in [6.07, 6.45) is -0.146. The van der Waals surface area contributed by atoms with Gasteiger partial charge in [-0.05, 0) is 67.5 Å². The number of hydrogen-bond acceptors (Lipinski definition) is 5. The summed E-state index contributed by atoms with van der Waals surface area (Å²) in [6, 6.07) is 16.9. The molecule has 3 aromatic carbocycles. The number of ether oxygens (including phenoxy) is 1. The molecule has 1 aliphatic carbocycles. The van der Waals surface area contributed by atoms with E-state index in [1.807, 2.05) is 0 Å². The van der Waals surface area contributed by atoms with Crippen LogP contribution in [0.15, 0.2) is 60.7 Å². The molecule has 1 amide bonds. The molecule has 0 spiro atoms. The first-order valence-corrected chi connectivity index (χ1v) is 13.7. The molecule has 1 aliphatic rings. The van der Waals surface area contributed by atoms with Gasteiger partial charge in [0.15, 0.2) is 0 Å². The minimum atomic E-state index is -0.838. The van der Waals surface area contributed by atoms with E-state index in [1.54, 1.807) is 62.4 Å². The molecular weight excluding hydrogens is 562 g/mol. The highest BCUT2D eigenvalue weighted by Gasteiger charge is 2.51. The predicted octanol–water partition coefficient (Wildman–Crippen LogP) is 8.66. The van der Waals surface area contributed by atoms with Gasteiger partial charge in [-0.1, -0.05) is 65.7 Å². The Morgan fingerprint density at radius 1 is 1.08 bits per heavy atom. The molecule has 0 saturated heterocycles. The van der Waals surface area contributed by atoms with Crippen LogP contribution in [0.25, 0.3) is 21.6 Å². The number of anilines is 1.